The SMILES string of the molecule is Cc1nc2ccc(NC(=O)NCc3ccccc3CO)cc2o1. The van der Waals surface area contributed by atoms with Crippen molar-refractivity contribution >= 4 is 22.8 Å². The largest absolute Gasteiger partial charge is 0.441 e. The third-order valence-electron chi connectivity index (χ3n) is 3.48. The Hall–Kier alpha value is -2.86. The molecule has 0 atom stereocenters. The van der Waals surface area contributed by atoms with Crippen molar-refractivity contribution in [3.8, 4) is 0 Å². The number of aliphatic hydroxyl groups excluding tert-OH is 1. The first-order valence-corrected chi connectivity index (χ1v) is 7.25. The Kier molecular flexibility index (Phi) is 4.25. The van der Waals surface area contributed by atoms with E-state index >= 15 is 0 Å². The first-order valence-electron chi connectivity index (χ1n) is 7.25. The van der Waals surface area contributed by atoms with Gasteiger partial charge in [-0.15, -0.1) is 0 Å². The molecular weight excluding hydrogens is 294 g/mol. The van der Waals surface area contributed by atoms with E-state index in [1.807, 2.05) is 24.3 Å². The fraction of sp³-hybridized carbons (Fsp3) is 0.176. The first kappa shape index (κ1) is 15.1. The number of nitrogens with one attached hydrogen (secondary N) is 2. The third-order valence-corrected chi connectivity index (χ3v) is 3.48. The summed E-state index contributed by atoms with van der Waals surface area (Å²) < 4.78 is 5.44. The number of urea groups is 1. The van der Waals surface area contributed by atoms with Crippen molar-refractivity contribution in [2.75, 3.05) is 5.32 Å². The highest BCUT2D eigenvalue weighted by atomic mass is 16.3. The van der Waals surface area contributed by atoms with Gasteiger partial charge in [0.15, 0.2) is 11.5 Å². The predicted molar refractivity (Wildman–Crippen MR) is 87.0 cm³/mol. The molecule has 0 fully saturated rings. The Bertz CT molecular complexity index is 842. The number of rotatable bonds is 4. The van der Waals surface area contributed by atoms with E-state index in [1.54, 1.807) is 25.1 Å². The lowest BCUT2D eigenvalue weighted by Gasteiger charge is -2.10. The van der Waals surface area contributed by atoms with E-state index in [1.165, 1.54) is 0 Å². The summed E-state index contributed by atoms with van der Waals surface area (Å²) in [6, 6.07) is 12.4. The summed E-state index contributed by atoms with van der Waals surface area (Å²) >= 11 is 0. The van der Waals surface area contributed by atoms with Gasteiger partial charge in [-0.2, -0.15) is 0 Å². The number of fused-ring (bicyclic) bond motifs is 1. The minimum atomic E-state index is -0.326. The number of benzene rings is 2. The van der Waals surface area contributed by atoms with E-state index in [0.717, 1.165) is 16.6 Å². The van der Waals surface area contributed by atoms with Crippen molar-refractivity contribution in [3.63, 3.8) is 0 Å². The molecule has 3 aromatic rings. The van der Waals surface area contributed by atoms with Crippen LogP contribution in [0.5, 0.6) is 0 Å². The number of anilines is 1. The van der Waals surface area contributed by atoms with Gasteiger partial charge in [-0.3, -0.25) is 0 Å². The lowest BCUT2D eigenvalue weighted by molar-refractivity contribution is 0.251. The molecule has 6 nitrogen and oxygen atoms in total. The second-order valence-electron chi connectivity index (χ2n) is 5.15. The van der Waals surface area contributed by atoms with Crippen LogP contribution in [0, 0.1) is 6.92 Å². The van der Waals surface area contributed by atoms with E-state index in [4.69, 9.17) is 4.42 Å². The molecule has 0 unspecified atom stereocenters. The van der Waals surface area contributed by atoms with Crippen molar-refractivity contribution in [3.05, 3.63) is 59.5 Å². The van der Waals surface area contributed by atoms with Gasteiger partial charge in [0.25, 0.3) is 0 Å². The van der Waals surface area contributed by atoms with Crippen LogP contribution < -0.4 is 10.6 Å². The minimum absolute atomic E-state index is 0.0546. The van der Waals surface area contributed by atoms with Gasteiger partial charge in [0, 0.05) is 25.2 Å². The maximum Gasteiger partial charge on any atom is 0.319 e. The summed E-state index contributed by atoms with van der Waals surface area (Å²) in [4.78, 5) is 16.2. The molecule has 3 rings (SSSR count). The van der Waals surface area contributed by atoms with E-state index in [9.17, 15) is 9.90 Å². The topological polar surface area (TPSA) is 87.4 Å². The van der Waals surface area contributed by atoms with Crippen molar-refractivity contribution < 1.29 is 14.3 Å². The molecule has 0 saturated heterocycles. The van der Waals surface area contributed by atoms with E-state index < -0.39 is 0 Å². The Morgan fingerprint density at radius 3 is 2.78 bits per heavy atom. The van der Waals surface area contributed by atoms with Crippen LogP contribution in [0.4, 0.5) is 10.5 Å². The highest BCUT2D eigenvalue weighted by Crippen LogP contribution is 2.19. The van der Waals surface area contributed by atoms with Crippen LogP contribution in [-0.2, 0) is 13.2 Å². The zero-order chi connectivity index (χ0) is 16.2. The molecule has 0 aliphatic carbocycles. The second kappa shape index (κ2) is 6.50. The van der Waals surface area contributed by atoms with Gasteiger partial charge in [-0.05, 0) is 23.3 Å². The molecule has 118 valence electrons. The van der Waals surface area contributed by atoms with Crippen molar-refractivity contribution in [1.29, 1.82) is 0 Å². The molecule has 2 aromatic carbocycles. The van der Waals surface area contributed by atoms with Gasteiger partial charge in [0.05, 0.1) is 6.61 Å². The minimum Gasteiger partial charge on any atom is -0.441 e. The first-order chi connectivity index (χ1) is 11.2. The fourth-order valence-electron chi connectivity index (χ4n) is 2.35. The summed E-state index contributed by atoms with van der Waals surface area (Å²) in [5.41, 5.74) is 3.69. The summed E-state index contributed by atoms with van der Waals surface area (Å²) in [5.74, 6) is 0.585. The molecule has 3 N–H and O–H groups in total. The van der Waals surface area contributed by atoms with E-state index in [0.29, 0.717) is 23.7 Å². The van der Waals surface area contributed by atoms with Gasteiger partial charge >= 0.3 is 6.03 Å². The van der Waals surface area contributed by atoms with Crippen molar-refractivity contribution in [2.24, 2.45) is 0 Å². The summed E-state index contributed by atoms with van der Waals surface area (Å²) in [5, 5.41) is 14.8. The van der Waals surface area contributed by atoms with Gasteiger partial charge < -0.3 is 20.2 Å². The van der Waals surface area contributed by atoms with Gasteiger partial charge in [-0.25, -0.2) is 9.78 Å². The number of hydrogen-bond acceptors (Lipinski definition) is 4. The van der Waals surface area contributed by atoms with E-state index in [2.05, 4.69) is 15.6 Å². The molecular formula is C17H17N3O3. The summed E-state index contributed by atoms with van der Waals surface area (Å²) in [6.07, 6.45) is 0. The van der Waals surface area contributed by atoms with Crippen molar-refractivity contribution in [2.45, 2.75) is 20.1 Å². The van der Waals surface area contributed by atoms with Crippen LogP contribution in [0.3, 0.4) is 0 Å². The number of nitrogens with zero attached hydrogens (tertiary/aromatic N) is 1. The number of amides is 2. The van der Waals surface area contributed by atoms with Gasteiger partial charge in [0.2, 0.25) is 0 Å². The maximum atomic E-state index is 12.0. The zero-order valence-corrected chi connectivity index (χ0v) is 12.7. The Morgan fingerprint density at radius 2 is 2.00 bits per heavy atom. The molecule has 0 aliphatic rings. The maximum absolute atomic E-state index is 12.0. The fourth-order valence-corrected chi connectivity index (χ4v) is 2.35. The number of carbonyl (C=O) groups excluding carboxylic acids is 1. The Morgan fingerprint density at radius 1 is 1.22 bits per heavy atom. The lowest BCUT2D eigenvalue weighted by atomic mass is 10.1. The number of oxazole rings is 1. The Balaban J connectivity index is 1.64. The van der Waals surface area contributed by atoms with Crippen molar-refractivity contribution in [1.82, 2.24) is 10.3 Å². The van der Waals surface area contributed by atoms with E-state index in [-0.39, 0.29) is 12.6 Å². The molecule has 2 amide bonds. The van der Waals surface area contributed by atoms with Gasteiger partial charge in [0.1, 0.15) is 5.52 Å². The number of aryl methyl sites for hydroxylation is 1. The molecule has 1 heterocycles. The van der Waals surface area contributed by atoms with Crippen LogP contribution in [-0.4, -0.2) is 16.1 Å². The highest BCUT2D eigenvalue weighted by Gasteiger charge is 2.07. The van der Waals surface area contributed by atoms with Gasteiger partial charge in [-0.1, -0.05) is 24.3 Å². The Labute approximate surface area is 133 Å². The number of carbonyl (C=O) groups is 1. The monoisotopic (exact) mass is 311 g/mol. The van der Waals surface area contributed by atoms with Crippen LogP contribution in [0.15, 0.2) is 46.9 Å². The lowest BCUT2D eigenvalue weighted by Crippen LogP contribution is -2.28. The molecule has 0 saturated carbocycles. The van der Waals surface area contributed by atoms with Crippen LogP contribution in [0.1, 0.15) is 17.0 Å². The molecule has 23 heavy (non-hydrogen) atoms. The van der Waals surface area contributed by atoms with Crippen LogP contribution in [0.2, 0.25) is 0 Å². The average Bonchev–Trinajstić information content (AvgIpc) is 2.92. The van der Waals surface area contributed by atoms with Crippen LogP contribution in [0.25, 0.3) is 11.1 Å². The number of aromatic nitrogens is 1. The summed E-state index contributed by atoms with van der Waals surface area (Å²) in [6.45, 7) is 2.06. The standard InChI is InChI=1S/C17H17N3O3/c1-11-19-15-7-6-14(8-16(15)23-11)20-17(22)18-9-12-4-2-3-5-13(12)10-21/h2-8,21H,9-10H2,1H3,(H2,18,20,22). The van der Waals surface area contributed by atoms with Crippen LogP contribution >= 0.6 is 0 Å². The zero-order valence-electron chi connectivity index (χ0n) is 12.7. The molecule has 0 radical (unpaired) electrons. The molecule has 0 aliphatic heterocycles. The average molecular weight is 311 g/mol. The number of hydrogen-bond donors (Lipinski definition) is 3. The quantitative estimate of drug-likeness (QED) is 0.691. The second-order valence-corrected chi connectivity index (χ2v) is 5.15. The molecule has 0 spiro atoms. The molecule has 6 heteroatoms. The predicted octanol–water partition coefficient (Wildman–Crippen LogP) is 2.95. The molecule has 0 bridgehead atoms. The number of aliphatic hydroxyl groups is 1. The summed E-state index contributed by atoms with van der Waals surface area (Å²) in [7, 11) is 0. The smallest absolute Gasteiger partial charge is 0.319 e. The molecule has 1 aromatic heterocycles. The third kappa shape index (κ3) is 3.49. The highest BCUT2D eigenvalue weighted by molar-refractivity contribution is 5.91. The normalized spacial score (nSPS) is 10.7.